The van der Waals surface area contributed by atoms with Gasteiger partial charge in [-0.3, -0.25) is 0 Å². The first kappa shape index (κ1) is 9.27. The van der Waals surface area contributed by atoms with E-state index in [9.17, 15) is 0 Å². The van der Waals surface area contributed by atoms with Crippen molar-refractivity contribution in [1.82, 2.24) is 0 Å². The Bertz CT molecular complexity index is 281. The Kier molecular flexibility index (Phi) is 3.30. The van der Waals surface area contributed by atoms with Gasteiger partial charge in [0.1, 0.15) is 0 Å². The summed E-state index contributed by atoms with van der Waals surface area (Å²) in [7, 11) is 0. The lowest BCUT2D eigenvalue weighted by molar-refractivity contribution is 0.986. The van der Waals surface area contributed by atoms with Crippen molar-refractivity contribution in [1.29, 1.82) is 5.41 Å². The molecule has 1 aromatic rings. The highest BCUT2D eigenvalue weighted by Gasteiger charge is 1.99. The molecule has 0 saturated heterocycles. The van der Waals surface area contributed by atoms with Gasteiger partial charge in [-0.05, 0) is 18.1 Å². The van der Waals surface area contributed by atoms with Crippen molar-refractivity contribution in [2.75, 3.05) is 0 Å². The number of rotatable bonds is 3. The van der Waals surface area contributed by atoms with Crippen LogP contribution in [0.2, 0.25) is 5.02 Å². The van der Waals surface area contributed by atoms with E-state index < -0.39 is 0 Å². The van der Waals surface area contributed by atoms with Crippen LogP contribution in [0, 0.1) is 11.5 Å². The van der Waals surface area contributed by atoms with Crippen molar-refractivity contribution in [2.24, 2.45) is 0 Å². The molecule has 0 aliphatic heterocycles. The summed E-state index contributed by atoms with van der Waals surface area (Å²) in [6, 6.07) is 8.23. The molecule has 0 fully saturated rings. The molecule has 0 unspecified atom stereocenters. The van der Waals surface area contributed by atoms with Crippen LogP contribution < -0.4 is 0 Å². The van der Waals surface area contributed by atoms with Gasteiger partial charge in [-0.15, -0.1) is 0 Å². The van der Waals surface area contributed by atoms with E-state index in [4.69, 9.17) is 17.0 Å². The molecule has 0 bridgehead atoms. The fraction of sp³-hybridized carbons (Fsp3) is 0.300. The van der Waals surface area contributed by atoms with Crippen LogP contribution in [0.3, 0.4) is 0 Å². The average molecular weight is 181 g/mol. The van der Waals surface area contributed by atoms with Gasteiger partial charge in [0, 0.05) is 16.8 Å². The molecule has 1 radical (unpaired) electrons. The summed E-state index contributed by atoms with van der Waals surface area (Å²) in [5, 5.41) is 8.23. The summed E-state index contributed by atoms with van der Waals surface area (Å²) in [4.78, 5) is 0. The summed E-state index contributed by atoms with van der Waals surface area (Å²) in [6.07, 6.45) is 1.80. The second-order valence-corrected chi connectivity index (χ2v) is 3.06. The topological polar surface area (TPSA) is 23.9 Å². The van der Waals surface area contributed by atoms with Gasteiger partial charge in [-0.25, -0.2) is 0 Å². The number of halogens is 1. The Morgan fingerprint density at radius 3 is 3.00 bits per heavy atom. The molecule has 0 heterocycles. The molecule has 63 valence electrons. The SMILES string of the molecule is CCCC(=N)c1cc[c]c(Cl)c1. The van der Waals surface area contributed by atoms with E-state index >= 15 is 0 Å². The third-order valence-electron chi connectivity index (χ3n) is 1.61. The zero-order valence-electron chi connectivity index (χ0n) is 7.02. The van der Waals surface area contributed by atoms with Gasteiger partial charge in [-0.2, -0.15) is 0 Å². The van der Waals surface area contributed by atoms with Gasteiger partial charge in [0.15, 0.2) is 0 Å². The summed E-state index contributed by atoms with van der Waals surface area (Å²) < 4.78 is 0. The molecule has 1 N–H and O–H groups in total. The van der Waals surface area contributed by atoms with E-state index in [2.05, 4.69) is 13.0 Å². The van der Waals surface area contributed by atoms with Crippen molar-refractivity contribution in [3.05, 3.63) is 34.9 Å². The molecule has 0 aromatic heterocycles. The molecule has 1 nitrogen and oxygen atoms in total. The molecule has 1 rings (SSSR count). The molecular formula is C10H11ClN. The smallest absolute Gasteiger partial charge is 0.0491 e. The van der Waals surface area contributed by atoms with Gasteiger partial charge >= 0.3 is 0 Å². The third-order valence-corrected chi connectivity index (χ3v) is 1.83. The van der Waals surface area contributed by atoms with E-state index in [1.165, 1.54) is 0 Å². The molecule has 0 spiro atoms. The first-order valence-corrected chi connectivity index (χ1v) is 4.37. The molecule has 0 atom stereocenters. The van der Waals surface area contributed by atoms with Gasteiger partial charge in [0.25, 0.3) is 0 Å². The molecule has 12 heavy (non-hydrogen) atoms. The van der Waals surface area contributed by atoms with Gasteiger partial charge < -0.3 is 5.41 Å². The molecule has 0 aliphatic rings. The first-order chi connectivity index (χ1) is 5.74. The summed E-state index contributed by atoms with van der Waals surface area (Å²) >= 11 is 5.74. The summed E-state index contributed by atoms with van der Waals surface area (Å²) in [5.74, 6) is 0. The fourth-order valence-corrected chi connectivity index (χ4v) is 1.20. The normalized spacial score (nSPS) is 9.83. The van der Waals surface area contributed by atoms with Crippen LogP contribution in [0.1, 0.15) is 25.3 Å². The minimum Gasteiger partial charge on any atom is -0.305 e. The molecular weight excluding hydrogens is 170 g/mol. The highest BCUT2D eigenvalue weighted by atomic mass is 35.5. The van der Waals surface area contributed by atoms with Gasteiger partial charge in [-0.1, -0.05) is 37.1 Å². The standard InChI is InChI=1S/C10H11ClN/c1-2-4-10(12)8-5-3-6-9(11)7-8/h3,5,7,12H,2,4H2,1H3. The highest BCUT2D eigenvalue weighted by Crippen LogP contribution is 2.12. The predicted molar refractivity (Wildman–Crippen MR) is 52.0 cm³/mol. The average Bonchev–Trinajstić information content (AvgIpc) is 2.05. The van der Waals surface area contributed by atoms with Crippen molar-refractivity contribution in [3.63, 3.8) is 0 Å². The monoisotopic (exact) mass is 180 g/mol. The molecule has 0 aliphatic carbocycles. The fourth-order valence-electron chi connectivity index (χ4n) is 1.02. The van der Waals surface area contributed by atoms with Crippen LogP contribution in [0.4, 0.5) is 0 Å². The second-order valence-electron chi connectivity index (χ2n) is 2.65. The van der Waals surface area contributed by atoms with Crippen molar-refractivity contribution >= 4 is 17.3 Å². The maximum atomic E-state index is 7.65. The molecule has 2 heteroatoms. The number of nitrogens with one attached hydrogen (secondary N) is 1. The lowest BCUT2D eigenvalue weighted by Gasteiger charge is -2.01. The van der Waals surface area contributed by atoms with Crippen LogP contribution in [0.5, 0.6) is 0 Å². The molecule has 0 amide bonds. The highest BCUT2D eigenvalue weighted by molar-refractivity contribution is 6.30. The quantitative estimate of drug-likeness (QED) is 0.691. The van der Waals surface area contributed by atoms with Gasteiger partial charge in [0.05, 0.1) is 0 Å². The van der Waals surface area contributed by atoms with Gasteiger partial charge in [0.2, 0.25) is 0 Å². The molecule has 0 saturated carbocycles. The summed E-state index contributed by atoms with van der Waals surface area (Å²) in [6.45, 7) is 2.06. The third kappa shape index (κ3) is 2.35. The Morgan fingerprint density at radius 1 is 1.67 bits per heavy atom. The van der Waals surface area contributed by atoms with Crippen molar-refractivity contribution in [2.45, 2.75) is 19.8 Å². The largest absolute Gasteiger partial charge is 0.305 e. The number of hydrogen-bond donors (Lipinski definition) is 1. The van der Waals surface area contributed by atoms with Crippen LogP contribution in [0.25, 0.3) is 0 Å². The second kappa shape index (κ2) is 4.27. The Morgan fingerprint density at radius 2 is 2.42 bits per heavy atom. The van der Waals surface area contributed by atoms with Crippen LogP contribution >= 0.6 is 11.6 Å². The minimum absolute atomic E-state index is 0.577. The van der Waals surface area contributed by atoms with Crippen LogP contribution in [-0.4, -0.2) is 5.71 Å². The van der Waals surface area contributed by atoms with Crippen LogP contribution in [-0.2, 0) is 0 Å². The van der Waals surface area contributed by atoms with E-state index in [-0.39, 0.29) is 0 Å². The van der Waals surface area contributed by atoms with Crippen molar-refractivity contribution < 1.29 is 0 Å². The van der Waals surface area contributed by atoms with Crippen molar-refractivity contribution in [3.8, 4) is 0 Å². The number of benzene rings is 1. The Balaban J connectivity index is 2.81. The van der Waals surface area contributed by atoms with Crippen LogP contribution in [0.15, 0.2) is 18.2 Å². The number of hydrogen-bond acceptors (Lipinski definition) is 1. The lowest BCUT2D eigenvalue weighted by Crippen LogP contribution is -1.97. The maximum Gasteiger partial charge on any atom is 0.0491 e. The first-order valence-electron chi connectivity index (χ1n) is 3.99. The van der Waals surface area contributed by atoms with E-state index in [0.717, 1.165) is 18.4 Å². The Labute approximate surface area is 77.9 Å². The predicted octanol–water partition coefficient (Wildman–Crippen LogP) is 3.31. The van der Waals surface area contributed by atoms with E-state index in [1.807, 2.05) is 6.07 Å². The summed E-state index contributed by atoms with van der Waals surface area (Å²) in [5.41, 5.74) is 1.55. The van der Waals surface area contributed by atoms with E-state index in [1.54, 1.807) is 12.1 Å². The lowest BCUT2D eigenvalue weighted by atomic mass is 10.1. The Hall–Kier alpha value is -0.820. The zero-order chi connectivity index (χ0) is 8.97. The minimum atomic E-state index is 0.577. The molecule has 1 aromatic carbocycles. The maximum absolute atomic E-state index is 7.65. The van der Waals surface area contributed by atoms with E-state index in [0.29, 0.717) is 10.7 Å². The zero-order valence-corrected chi connectivity index (χ0v) is 7.78.